The average Bonchev–Trinajstić information content (AvgIpc) is 2.73. The van der Waals surface area contributed by atoms with Crippen LogP contribution in [0.2, 0.25) is 0 Å². The van der Waals surface area contributed by atoms with E-state index in [0.29, 0.717) is 0 Å². The lowest BCUT2D eigenvalue weighted by molar-refractivity contribution is 1.49. The molecule has 0 aliphatic carbocycles. The van der Waals surface area contributed by atoms with Gasteiger partial charge in [-0.15, -0.1) is 0 Å². The first-order valence-electron chi connectivity index (χ1n) is 9.80. The van der Waals surface area contributed by atoms with E-state index in [1.54, 1.807) is 0 Å². The molecular formula is C28H22. The Morgan fingerprint density at radius 1 is 0.393 bits per heavy atom. The van der Waals surface area contributed by atoms with Crippen molar-refractivity contribution in [2.45, 2.75) is 13.8 Å². The number of hydrogen-bond donors (Lipinski definition) is 0. The van der Waals surface area contributed by atoms with Crippen molar-refractivity contribution in [2.75, 3.05) is 0 Å². The summed E-state index contributed by atoms with van der Waals surface area (Å²) in [7, 11) is 0. The van der Waals surface area contributed by atoms with Crippen LogP contribution in [0.5, 0.6) is 0 Å². The number of benzene rings is 5. The standard InChI is InChI=1S/C28H22/c1-19-13-15-23-25(17-19)27(21-9-5-3-6-10-21)24-16-14-20(2)18-26(24)28(23)22-11-7-4-8-12-22/h3-18H,1-2H3. The number of fused-ring (bicyclic) bond motifs is 2. The van der Waals surface area contributed by atoms with E-state index in [1.165, 1.54) is 54.9 Å². The lowest BCUT2D eigenvalue weighted by Crippen LogP contribution is -1.92. The number of aryl methyl sites for hydroxylation is 2. The van der Waals surface area contributed by atoms with E-state index in [0.717, 1.165) is 0 Å². The molecule has 0 aromatic heterocycles. The molecule has 0 heterocycles. The zero-order valence-corrected chi connectivity index (χ0v) is 16.2. The lowest BCUT2D eigenvalue weighted by Gasteiger charge is -2.18. The van der Waals surface area contributed by atoms with Crippen molar-refractivity contribution in [3.05, 3.63) is 108 Å². The van der Waals surface area contributed by atoms with Gasteiger partial charge in [-0.25, -0.2) is 0 Å². The van der Waals surface area contributed by atoms with Crippen molar-refractivity contribution >= 4 is 21.5 Å². The van der Waals surface area contributed by atoms with Crippen LogP contribution in [-0.2, 0) is 0 Å². The Morgan fingerprint density at radius 3 is 1.18 bits per heavy atom. The van der Waals surface area contributed by atoms with Crippen molar-refractivity contribution in [1.82, 2.24) is 0 Å². The molecule has 0 aliphatic heterocycles. The fourth-order valence-corrected chi connectivity index (χ4v) is 4.29. The van der Waals surface area contributed by atoms with Crippen molar-refractivity contribution in [3.8, 4) is 22.3 Å². The van der Waals surface area contributed by atoms with Crippen LogP contribution in [0.15, 0.2) is 97.1 Å². The summed E-state index contributed by atoms with van der Waals surface area (Å²) in [6.07, 6.45) is 0. The van der Waals surface area contributed by atoms with E-state index in [9.17, 15) is 0 Å². The Morgan fingerprint density at radius 2 is 0.786 bits per heavy atom. The molecule has 28 heavy (non-hydrogen) atoms. The molecule has 0 radical (unpaired) electrons. The second-order valence-electron chi connectivity index (χ2n) is 7.58. The minimum Gasteiger partial charge on any atom is -0.0622 e. The van der Waals surface area contributed by atoms with Gasteiger partial charge in [-0.1, -0.05) is 108 Å². The Bertz CT molecular complexity index is 1190. The molecule has 0 amide bonds. The molecule has 0 fully saturated rings. The Balaban J connectivity index is 2.05. The average molecular weight is 358 g/mol. The van der Waals surface area contributed by atoms with Gasteiger partial charge in [-0.2, -0.15) is 0 Å². The smallest absolute Gasteiger partial charge is 0.00263 e. The molecule has 0 heteroatoms. The normalized spacial score (nSPS) is 11.2. The minimum atomic E-state index is 1.27. The monoisotopic (exact) mass is 358 g/mol. The van der Waals surface area contributed by atoms with Gasteiger partial charge in [0.15, 0.2) is 0 Å². The Hall–Kier alpha value is -3.38. The zero-order chi connectivity index (χ0) is 19.1. The van der Waals surface area contributed by atoms with Gasteiger partial charge in [0.05, 0.1) is 0 Å². The molecule has 0 saturated heterocycles. The van der Waals surface area contributed by atoms with E-state index in [-0.39, 0.29) is 0 Å². The fourth-order valence-electron chi connectivity index (χ4n) is 4.29. The summed E-state index contributed by atoms with van der Waals surface area (Å²) >= 11 is 0. The lowest BCUT2D eigenvalue weighted by atomic mass is 9.85. The summed E-state index contributed by atoms with van der Waals surface area (Å²) in [5.74, 6) is 0. The van der Waals surface area contributed by atoms with E-state index < -0.39 is 0 Å². The van der Waals surface area contributed by atoms with Crippen LogP contribution < -0.4 is 0 Å². The highest BCUT2D eigenvalue weighted by Gasteiger charge is 2.16. The first-order chi connectivity index (χ1) is 13.7. The number of hydrogen-bond acceptors (Lipinski definition) is 0. The first kappa shape index (κ1) is 16.8. The van der Waals surface area contributed by atoms with E-state index in [2.05, 4.69) is 111 Å². The second-order valence-corrected chi connectivity index (χ2v) is 7.58. The molecule has 0 nitrogen and oxygen atoms in total. The van der Waals surface area contributed by atoms with Gasteiger partial charge in [-0.05, 0) is 57.6 Å². The molecule has 5 aromatic carbocycles. The van der Waals surface area contributed by atoms with Crippen molar-refractivity contribution in [2.24, 2.45) is 0 Å². The van der Waals surface area contributed by atoms with Gasteiger partial charge in [-0.3, -0.25) is 0 Å². The molecule has 0 saturated carbocycles. The predicted octanol–water partition coefficient (Wildman–Crippen LogP) is 7.94. The van der Waals surface area contributed by atoms with Crippen LogP contribution >= 0.6 is 0 Å². The van der Waals surface area contributed by atoms with E-state index in [1.807, 2.05) is 0 Å². The summed E-state index contributed by atoms with van der Waals surface area (Å²) < 4.78 is 0. The van der Waals surface area contributed by atoms with Crippen LogP contribution in [-0.4, -0.2) is 0 Å². The van der Waals surface area contributed by atoms with Crippen molar-refractivity contribution in [3.63, 3.8) is 0 Å². The molecular weight excluding hydrogens is 336 g/mol. The topological polar surface area (TPSA) is 0 Å². The largest absolute Gasteiger partial charge is 0.0622 e. The van der Waals surface area contributed by atoms with Gasteiger partial charge in [0, 0.05) is 0 Å². The van der Waals surface area contributed by atoms with E-state index >= 15 is 0 Å². The van der Waals surface area contributed by atoms with Crippen LogP contribution in [0.25, 0.3) is 43.8 Å². The van der Waals surface area contributed by atoms with Crippen molar-refractivity contribution in [1.29, 1.82) is 0 Å². The molecule has 0 bridgehead atoms. The zero-order valence-electron chi connectivity index (χ0n) is 16.2. The quantitative estimate of drug-likeness (QED) is 0.281. The van der Waals surface area contributed by atoms with E-state index in [4.69, 9.17) is 0 Å². The third kappa shape index (κ3) is 2.70. The molecule has 0 N–H and O–H groups in total. The minimum absolute atomic E-state index is 1.27. The van der Waals surface area contributed by atoms with Gasteiger partial charge < -0.3 is 0 Å². The van der Waals surface area contributed by atoms with Gasteiger partial charge in [0.25, 0.3) is 0 Å². The Kier molecular flexibility index (Phi) is 3.98. The third-order valence-corrected chi connectivity index (χ3v) is 5.55. The van der Waals surface area contributed by atoms with Crippen LogP contribution in [0.1, 0.15) is 11.1 Å². The van der Waals surface area contributed by atoms with Gasteiger partial charge >= 0.3 is 0 Å². The van der Waals surface area contributed by atoms with Crippen LogP contribution in [0.4, 0.5) is 0 Å². The highest BCUT2D eigenvalue weighted by molar-refractivity contribution is 6.21. The summed E-state index contributed by atoms with van der Waals surface area (Å²) in [6.45, 7) is 4.35. The molecule has 5 rings (SSSR count). The SMILES string of the molecule is Cc1ccc2c(-c3ccccc3)c3cc(C)ccc3c(-c3ccccc3)c2c1. The van der Waals surface area contributed by atoms with Gasteiger partial charge in [0.2, 0.25) is 0 Å². The van der Waals surface area contributed by atoms with Crippen LogP contribution in [0, 0.1) is 13.8 Å². The molecule has 134 valence electrons. The summed E-state index contributed by atoms with van der Waals surface area (Å²) in [5.41, 5.74) is 7.77. The van der Waals surface area contributed by atoms with Crippen molar-refractivity contribution < 1.29 is 0 Å². The molecule has 0 unspecified atom stereocenters. The molecule has 0 spiro atoms. The first-order valence-corrected chi connectivity index (χ1v) is 9.80. The third-order valence-electron chi connectivity index (χ3n) is 5.55. The highest BCUT2D eigenvalue weighted by atomic mass is 14.2. The fraction of sp³-hybridized carbons (Fsp3) is 0.0714. The summed E-state index contributed by atoms with van der Waals surface area (Å²) in [4.78, 5) is 0. The second kappa shape index (κ2) is 6.65. The summed E-state index contributed by atoms with van der Waals surface area (Å²) in [6, 6.07) is 35.3. The maximum absolute atomic E-state index is 2.34. The van der Waals surface area contributed by atoms with Crippen LogP contribution in [0.3, 0.4) is 0 Å². The predicted molar refractivity (Wildman–Crippen MR) is 122 cm³/mol. The number of rotatable bonds is 2. The maximum Gasteiger partial charge on any atom is -0.00263 e. The van der Waals surface area contributed by atoms with Gasteiger partial charge in [0.1, 0.15) is 0 Å². The molecule has 0 aliphatic rings. The molecule has 5 aromatic rings. The molecule has 0 atom stereocenters. The Labute approximate surface area is 166 Å². The maximum atomic E-state index is 2.34. The summed E-state index contributed by atoms with van der Waals surface area (Å²) in [5, 5.41) is 5.27. The highest BCUT2D eigenvalue weighted by Crippen LogP contribution is 2.44.